The maximum absolute atomic E-state index is 11.2. The standard InChI is InChI=1S/C9H7N7O.C6H4/c10-4-5-2-1-3-12-6(5)7-13-8(16-11)15-9(17)14-7;1-2-6-4-3-5(1)6/h1-3H,11H2,(H2,13,14,15,16,17);1-4H. The van der Waals surface area contributed by atoms with Crippen molar-refractivity contribution < 1.29 is 0 Å². The number of hydrogen-bond donors (Lipinski definition) is 3. The first kappa shape index (κ1) is 14.4. The van der Waals surface area contributed by atoms with Crippen molar-refractivity contribution in [3.63, 3.8) is 0 Å². The van der Waals surface area contributed by atoms with Crippen LogP contribution in [0.15, 0.2) is 47.4 Å². The minimum absolute atomic E-state index is 0.0432. The van der Waals surface area contributed by atoms with E-state index in [1.807, 2.05) is 6.07 Å². The van der Waals surface area contributed by atoms with Crippen molar-refractivity contribution in [2.45, 2.75) is 0 Å². The number of nitrogens with two attached hydrogens (primary N) is 1. The molecule has 0 bridgehead atoms. The number of H-pyrrole nitrogens is 1. The van der Waals surface area contributed by atoms with Gasteiger partial charge in [0.1, 0.15) is 11.8 Å². The highest BCUT2D eigenvalue weighted by Gasteiger charge is 2.10. The van der Waals surface area contributed by atoms with Gasteiger partial charge in [0.2, 0.25) is 5.95 Å². The summed E-state index contributed by atoms with van der Waals surface area (Å²) in [6.07, 6.45) is 1.49. The molecule has 0 amide bonds. The molecule has 0 aromatic carbocycles. The summed E-state index contributed by atoms with van der Waals surface area (Å²) in [5, 5.41) is 8.91. The van der Waals surface area contributed by atoms with E-state index < -0.39 is 5.69 Å². The van der Waals surface area contributed by atoms with Gasteiger partial charge >= 0.3 is 5.69 Å². The number of aromatic amines is 1. The predicted molar refractivity (Wildman–Crippen MR) is 83.8 cm³/mol. The van der Waals surface area contributed by atoms with E-state index >= 15 is 0 Å². The van der Waals surface area contributed by atoms with Crippen LogP contribution in [-0.4, -0.2) is 19.9 Å². The summed E-state index contributed by atoms with van der Waals surface area (Å²) in [4.78, 5) is 25.0. The largest absolute Gasteiger partial charge is 0.349 e. The first-order valence-electron chi connectivity index (χ1n) is 6.62. The van der Waals surface area contributed by atoms with Crippen LogP contribution in [0, 0.1) is 11.3 Å². The smallest absolute Gasteiger partial charge is 0.292 e. The van der Waals surface area contributed by atoms with Crippen molar-refractivity contribution in [1.29, 1.82) is 5.26 Å². The molecule has 4 rings (SSSR count). The lowest BCUT2D eigenvalue weighted by Gasteiger charge is -2.10. The molecule has 23 heavy (non-hydrogen) atoms. The van der Waals surface area contributed by atoms with Crippen LogP contribution in [0.5, 0.6) is 0 Å². The Morgan fingerprint density at radius 1 is 1.13 bits per heavy atom. The van der Waals surface area contributed by atoms with Crippen molar-refractivity contribution in [1.82, 2.24) is 19.9 Å². The first-order chi connectivity index (χ1) is 11.2. The SMILES string of the molecule is N#Cc1cccnc1-c1nc(NN)nc(=O)[nH]1.c1cc2ccc1-2. The van der Waals surface area contributed by atoms with Gasteiger partial charge < -0.3 is 0 Å². The van der Waals surface area contributed by atoms with E-state index in [1.54, 1.807) is 12.1 Å². The van der Waals surface area contributed by atoms with Crippen LogP contribution in [0.4, 0.5) is 5.95 Å². The van der Waals surface area contributed by atoms with Crippen LogP contribution >= 0.6 is 0 Å². The van der Waals surface area contributed by atoms with Gasteiger partial charge in [0.05, 0.1) is 5.56 Å². The molecule has 0 atom stereocenters. The number of pyridine rings is 1. The molecular formula is C15H11N7O. The third kappa shape index (κ3) is 2.90. The Kier molecular flexibility index (Phi) is 3.78. The van der Waals surface area contributed by atoms with Crippen molar-refractivity contribution in [3.8, 4) is 28.7 Å². The van der Waals surface area contributed by atoms with E-state index in [4.69, 9.17) is 11.1 Å². The van der Waals surface area contributed by atoms with Gasteiger partial charge in [0.15, 0.2) is 5.82 Å². The Morgan fingerprint density at radius 3 is 2.35 bits per heavy atom. The molecule has 8 heteroatoms. The number of nitrogen functional groups attached to an aromatic ring is 1. The Bertz CT molecular complexity index is 920. The highest BCUT2D eigenvalue weighted by atomic mass is 16.1. The summed E-state index contributed by atoms with van der Waals surface area (Å²) in [5.41, 5.74) is 4.95. The zero-order valence-corrected chi connectivity index (χ0v) is 11.8. The molecular weight excluding hydrogens is 294 g/mol. The van der Waals surface area contributed by atoms with Crippen molar-refractivity contribution >= 4 is 5.95 Å². The molecule has 2 aromatic heterocycles. The fourth-order valence-corrected chi connectivity index (χ4v) is 1.91. The van der Waals surface area contributed by atoms with E-state index in [2.05, 4.69) is 49.6 Å². The van der Waals surface area contributed by atoms with Crippen LogP contribution in [0.1, 0.15) is 5.56 Å². The number of nitrogens with one attached hydrogen (secondary N) is 2. The summed E-state index contributed by atoms with van der Waals surface area (Å²) >= 11 is 0. The zero-order valence-electron chi connectivity index (χ0n) is 11.8. The Labute approximate surface area is 130 Å². The first-order valence-corrected chi connectivity index (χ1v) is 6.62. The summed E-state index contributed by atoms with van der Waals surface area (Å²) in [6, 6.07) is 13.6. The molecule has 2 aliphatic rings. The van der Waals surface area contributed by atoms with Crippen molar-refractivity contribution in [2.75, 3.05) is 5.43 Å². The number of nitriles is 1. The van der Waals surface area contributed by atoms with Gasteiger partial charge in [0.25, 0.3) is 0 Å². The molecule has 2 aliphatic carbocycles. The summed E-state index contributed by atoms with van der Waals surface area (Å²) in [6.45, 7) is 0. The predicted octanol–water partition coefficient (Wildman–Crippen LogP) is 1.05. The lowest BCUT2D eigenvalue weighted by molar-refractivity contribution is 0.976. The molecule has 2 heterocycles. The highest BCUT2D eigenvalue weighted by Crippen LogP contribution is 2.29. The van der Waals surface area contributed by atoms with Gasteiger partial charge in [-0.25, -0.2) is 10.6 Å². The molecule has 112 valence electrons. The molecule has 0 saturated heterocycles. The summed E-state index contributed by atoms with van der Waals surface area (Å²) < 4.78 is 0. The molecule has 0 aliphatic heterocycles. The molecule has 0 fully saturated rings. The average Bonchev–Trinajstić information content (AvgIpc) is 2.57. The van der Waals surface area contributed by atoms with Crippen LogP contribution < -0.4 is 17.0 Å². The third-order valence-electron chi connectivity index (χ3n) is 3.15. The fourth-order valence-electron chi connectivity index (χ4n) is 1.91. The number of hydrazine groups is 1. The second-order valence-corrected chi connectivity index (χ2v) is 4.56. The maximum Gasteiger partial charge on any atom is 0.349 e. The van der Waals surface area contributed by atoms with Crippen LogP contribution in [0.2, 0.25) is 0 Å². The number of aromatic nitrogens is 4. The maximum atomic E-state index is 11.2. The van der Waals surface area contributed by atoms with Gasteiger partial charge in [-0.15, -0.1) is 0 Å². The van der Waals surface area contributed by atoms with Gasteiger partial charge in [0, 0.05) is 6.20 Å². The minimum Gasteiger partial charge on any atom is -0.292 e. The summed E-state index contributed by atoms with van der Waals surface area (Å²) in [5.74, 6) is 5.21. The van der Waals surface area contributed by atoms with Crippen molar-refractivity contribution in [2.24, 2.45) is 5.84 Å². The molecule has 8 nitrogen and oxygen atoms in total. The molecule has 2 aromatic rings. The van der Waals surface area contributed by atoms with Crippen LogP contribution in [-0.2, 0) is 0 Å². The lowest BCUT2D eigenvalue weighted by Crippen LogP contribution is -2.20. The minimum atomic E-state index is -0.627. The Hall–Kier alpha value is -3.57. The Balaban J connectivity index is 0.000000213. The number of fused-ring (bicyclic) bond motifs is 1. The van der Waals surface area contributed by atoms with Gasteiger partial charge in [-0.2, -0.15) is 15.2 Å². The molecule has 0 saturated carbocycles. The molecule has 0 radical (unpaired) electrons. The van der Waals surface area contributed by atoms with E-state index in [0.29, 0.717) is 5.56 Å². The molecule has 4 N–H and O–H groups in total. The van der Waals surface area contributed by atoms with Crippen LogP contribution in [0.25, 0.3) is 22.6 Å². The number of rotatable bonds is 2. The topological polar surface area (TPSA) is 133 Å². The summed E-state index contributed by atoms with van der Waals surface area (Å²) in [7, 11) is 0. The lowest BCUT2D eigenvalue weighted by atomic mass is 9.95. The number of hydrogen-bond acceptors (Lipinski definition) is 7. The highest BCUT2D eigenvalue weighted by molar-refractivity contribution is 5.75. The third-order valence-corrected chi connectivity index (χ3v) is 3.15. The average molecular weight is 305 g/mol. The van der Waals surface area contributed by atoms with E-state index in [1.165, 1.54) is 17.3 Å². The zero-order chi connectivity index (χ0) is 16.2. The quantitative estimate of drug-likeness (QED) is 0.372. The number of benzene rings is 1. The van der Waals surface area contributed by atoms with Crippen molar-refractivity contribution in [3.05, 3.63) is 58.6 Å². The van der Waals surface area contributed by atoms with E-state index in [-0.39, 0.29) is 17.5 Å². The Morgan fingerprint density at radius 2 is 1.83 bits per heavy atom. The normalized spacial score (nSPS) is 10.1. The number of anilines is 1. The van der Waals surface area contributed by atoms with Gasteiger partial charge in [-0.3, -0.25) is 15.4 Å². The van der Waals surface area contributed by atoms with Crippen LogP contribution in [0.3, 0.4) is 0 Å². The monoisotopic (exact) mass is 305 g/mol. The van der Waals surface area contributed by atoms with Gasteiger partial charge in [-0.1, -0.05) is 24.3 Å². The molecule has 0 spiro atoms. The van der Waals surface area contributed by atoms with E-state index in [9.17, 15) is 4.79 Å². The fraction of sp³-hybridized carbons (Fsp3) is 0. The second-order valence-electron chi connectivity index (χ2n) is 4.56. The molecule has 0 unspecified atom stereocenters. The second kappa shape index (κ2) is 6.05. The van der Waals surface area contributed by atoms with Gasteiger partial charge in [-0.05, 0) is 23.3 Å². The van der Waals surface area contributed by atoms with E-state index in [0.717, 1.165) is 0 Å². The number of nitrogens with zero attached hydrogens (tertiary/aromatic N) is 4.